The van der Waals surface area contributed by atoms with Crippen molar-refractivity contribution in [1.29, 1.82) is 0 Å². The first-order valence-electron chi connectivity index (χ1n) is 6.93. The Balaban J connectivity index is 2.18. The minimum atomic E-state index is -3.84. The van der Waals surface area contributed by atoms with E-state index in [9.17, 15) is 12.8 Å². The fourth-order valence-corrected chi connectivity index (χ4v) is 3.33. The second-order valence-electron chi connectivity index (χ2n) is 5.87. The zero-order chi connectivity index (χ0) is 16.8. The van der Waals surface area contributed by atoms with E-state index < -0.39 is 14.7 Å². The van der Waals surface area contributed by atoms with Crippen LogP contribution in [0, 0.1) is 5.82 Å². The minimum Gasteiger partial charge on any atom is -0.483 e. The highest BCUT2D eigenvalue weighted by Gasteiger charge is 2.28. The molecule has 23 heavy (non-hydrogen) atoms. The van der Waals surface area contributed by atoms with Crippen molar-refractivity contribution < 1.29 is 17.5 Å². The standard InChI is InChI=1S/C17H14ClFO3S/c1-17(2)10-15(11-3-5-12(19)6-4-11)14-8-7-13(23(18,20)21)9-16(14)22-17/h3-10H,1-2H3. The number of benzene rings is 2. The number of halogens is 2. The van der Waals surface area contributed by atoms with Crippen LogP contribution in [0.15, 0.2) is 53.4 Å². The van der Waals surface area contributed by atoms with Crippen LogP contribution in [0.3, 0.4) is 0 Å². The average Bonchev–Trinajstić information content (AvgIpc) is 2.44. The van der Waals surface area contributed by atoms with E-state index in [2.05, 4.69) is 0 Å². The summed E-state index contributed by atoms with van der Waals surface area (Å²) >= 11 is 0. The highest BCUT2D eigenvalue weighted by atomic mass is 35.7. The van der Waals surface area contributed by atoms with Crippen LogP contribution in [0.25, 0.3) is 5.57 Å². The molecule has 120 valence electrons. The second kappa shape index (κ2) is 5.35. The van der Waals surface area contributed by atoms with Crippen molar-refractivity contribution in [2.24, 2.45) is 0 Å². The van der Waals surface area contributed by atoms with E-state index in [-0.39, 0.29) is 10.7 Å². The molecule has 0 spiro atoms. The number of hydrogen-bond acceptors (Lipinski definition) is 3. The van der Waals surface area contributed by atoms with Gasteiger partial charge < -0.3 is 4.74 Å². The number of ether oxygens (including phenoxy) is 1. The van der Waals surface area contributed by atoms with Gasteiger partial charge in [0.1, 0.15) is 17.2 Å². The average molecular weight is 353 g/mol. The van der Waals surface area contributed by atoms with Crippen molar-refractivity contribution in [3.05, 3.63) is 65.5 Å². The van der Waals surface area contributed by atoms with Crippen molar-refractivity contribution in [3.8, 4) is 5.75 Å². The third-order valence-corrected chi connectivity index (χ3v) is 4.90. The zero-order valence-electron chi connectivity index (χ0n) is 12.5. The van der Waals surface area contributed by atoms with Crippen LogP contribution >= 0.6 is 10.7 Å². The Kier molecular flexibility index (Phi) is 3.73. The summed E-state index contributed by atoms with van der Waals surface area (Å²) in [6.07, 6.45) is 1.93. The molecule has 0 bridgehead atoms. The molecule has 3 nitrogen and oxygen atoms in total. The van der Waals surface area contributed by atoms with Gasteiger partial charge >= 0.3 is 0 Å². The van der Waals surface area contributed by atoms with Crippen molar-refractivity contribution in [2.75, 3.05) is 0 Å². The van der Waals surface area contributed by atoms with E-state index in [0.29, 0.717) is 5.75 Å². The Hall–Kier alpha value is -1.85. The molecule has 1 aliphatic rings. The Labute approximate surface area is 138 Å². The molecule has 0 aliphatic carbocycles. The molecule has 0 saturated carbocycles. The first-order valence-corrected chi connectivity index (χ1v) is 9.24. The molecule has 2 aromatic rings. The van der Waals surface area contributed by atoms with Crippen molar-refractivity contribution in [3.63, 3.8) is 0 Å². The summed E-state index contributed by atoms with van der Waals surface area (Å²) in [5.41, 5.74) is 1.78. The van der Waals surface area contributed by atoms with Crippen LogP contribution in [0.5, 0.6) is 5.75 Å². The van der Waals surface area contributed by atoms with E-state index >= 15 is 0 Å². The fraction of sp³-hybridized carbons (Fsp3) is 0.176. The number of hydrogen-bond donors (Lipinski definition) is 0. The molecule has 1 heterocycles. The van der Waals surface area contributed by atoms with Gasteiger partial charge in [0.2, 0.25) is 0 Å². The molecular formula is C17H14ClFO3S. The summed E-state index contributed by atoms with van der Waals surface area (Å²) in [6.45, 7) is 3.72. The van der Waals surface area contributed by atoms with E-state index in [1.54, 1.807) is 18.2 Å². The molecule has 0 saturated heterocycles. The lowest BCUT2D eigenvalue weighted by Gasteiger charge is -2.31. The molecule has 3 rings (SSSR count). The van der Waals surface area contributed by atoms with Crippen LogP contribution in [0.1, 0.15) is 25.0 Å². The van der Waals surface area contributed by atoms with Crippen molar-refractivity contribution >= 4 is 25.3 Å². The fourth-order valence-electron chi connectivity index (χ4n) is 2.57. The first-order chi connectivity index (χ1) is 10.7. The van der Waals surface area contributed by atoms with Gasteiger partial charge in [-0.15, -0.1) is 0 Å². The zero-order valence-corrected chi connectivity index (χ0v) is 14.1. The Bertz CT molecular complexity index is 900. The monoisotopic (exact) mass is 352 g/mol. The van der Waals surface area contributed by atoms with E-state index in [1.165, 1.54) is 24.3 Å². The van der Waals surface area contributed by atoms with Crippen LogP contribution in [-0.4, -0.2) is 14.0 Å². The van der Waals surface area contributed by atoms with E-state index in [1.807, 2.05) is 19.9 Å². The molecule has 2 aromatic carbocycles. The normalized spacial score (nSPS) is 16.3. The van der Waals surface area contributed by atoms with E-state index in [0.717, 1.165) is 16.7 Å². The molecule has 0 fully saturated rings. The second-order valence-corrected chi connectivity index (χ2v) is 8.43. The van der Waals surface area contributed by atoms with Crippen LogP contribution in [0.2, 0.25) is 0 Å². The molecule has 1 aliphatic heterocycles. The lowest BCUT2D eigenvalue weighted by Crippen LogP contribution is -2.29. The number of rotatable bonds is 2. The quantitative estimate of drug-likeness (QED) is 0.754. The lowest BCUT2D eigenvalue weighted by molar-refractivity contribution is 0.158. The van der Waals surface area contributed by atoms with Gasteiger partial charge in [0.15, 0.2) is 0 Å². The van der Waals surface area contributed by atoms with Crippen molar-refractivity contribution in [2.45, 2.75) is 24.3 Å². The van der Waals surface area contributed by atoms with Gasteiger partial charge in [-0.2, -0.15) is 0 Å². The van der Waals surface area contributed by atoms with Crippen LogP contribution < -0.4 is 4.74 Å². The smallest absolute Gasteiger partial charge is 0.261 e. The maximum absolute atomic E-state index is 13.2. The summed E-state index contributed by atoms with van der Waals surface area (Å²) in [5, 5.41) is 0. The van der Waals surface area contributed by atoms with Gasteiger partial charge in [-0.05, 0) is 55.3 Å². The summed E-state index contributed by atoms with van der Waals surface area (Å²) in [4.78, 5) is -0.0194. The third-order valence-electron chi connectivity index (χ3n) is 3.54. The lowest BCUT2D eigenvalue weighted by atomic mass is 9.90. The molecular weight excluding hydrogens is 339 g/mol. The predicted molar refractivity (Wildman–Crippen MR) is 87.7 cm³/mol. The van der Waals surface area contributed by atoms with Crippen LogP contribution in [-0.2, 0) is 9.05 Å². The summed E-state index contributed by atoms with van der Waals surface area (Å²) in [7, 11) is 1.57. The maximum Gasteiger partial charge on any atom is 0.261 e. The summed E-state index contributed by atoms with van der Waals surface area (Å²) < 4.78 is 42.1. The highest BCUT2D eigenvalue weighted by molar-refractivity contribution is 8.13. The molecule has 6 heteroatoms. The molecule has 0 atom stereocenters. The molecule has 0 radical (unpaired) electrons. The van der Waals surface area contributed by atoms with Gasteiger partial charge in [-0.1, -0.05) is 12.1 Å². The molecule has 0 unspecified atom stereocenters. The van der Waals surface area contributed by atoms with Gasteiger partial charge in [0, 0.05) is 22.3 Å². The van der Waals surface area contributed by atoms with Gasteiger partial charge in [-0.3, -0.25) is 0 Å². The highest BCUT2D eigenvalue weighted by Crippen LogP contribution is 2.40. The molecule has 0 N–H and O–H groups in total. The first kappa shape index (κ1) is 16.0. The van der Waals surface area contributed by atoms with Crippen molar-refractivity contribution in [1.82, 2.24) is 0 Å². The van der Waals surface area contributed by atoms with Crippen LogP contribution in [0.4, 0.5) is 4.39 Å². The SMILES string of the molecule is CC1(C)C=C(c2ccc(F)cc2)c2ccc(S(=O)(=O)Cl)cc2O1. The Morgan fingerprint density at radius 2 is 1.74 bits per heavy atom. The maximum atomic E-state index is 13.2. The summed E-state index contributed by atoms with van der Waals surface area (Å²) in [6, 6.07) is 10.6. The summed E-state index contributed by atoms with van der Waals surface area (Å²) in [5.74, 6) is 0.114. The minimum absolute atomic E-state index is 0.0194. The van der Waals surface area contributed by atoms with Gasteiger partial charge in [0.05, 0.1) is 4.90 Å². The van der Waals surface area contributed by atoms with E-state index in [4.69, 9.17) is 15.4 Å². The Morgan fingerprint density at radius 3 is 2.35 bits per heavy atom. The van der Waals surface area contributed by atoms with Gasteiger partial charge in [0.25, 0.3) is 9.05 Å². The molecule has 0 aromatic heterocycles. The number of fused-ring (bicyclic) bond motifs is 1. The van der Waals surface area contributed by atoms with Gasteiger partial charge in [-0.25, -0.2) is 12.8 Å². The predicted octanol–water partition coefficient (Wildman–Crippen LogP) is 4.36. The largest absolute Gasteiger partial charge is 0.483 e. The third kappa shape index (κ3) is 3.26. The Morgan fingerprint density at radius 1 is 1.09 bits per heavy atom. The molecule has 0 amide bonds. The topological polar surface area (TPSA) is 43.4 Å².